The predicted octanol–water partition coefficient (Wildman–Crippen LogP) is 2.88. The van der Waals surface area contributed by atoms with Gasteiger partial charge in [0.2, 0.25) is 0 Å². The van der Waals surface area contributed by atoms with Crippen LogP contribution in [0.25, 0.3) is 0 Å². The molecule has 0 bridgehead atoms. The van der Waals surface area contributed by atoms with Gasteiger partial charge in [-0.05, 0) is 51.1 Å². The van der Waals surface area contributed by atoms with E-state index in [1.54, 1.807) is 13.0 Å². The molecule has 0 aliphatic heterocycles. The molecule has 0 atom stereocenters. The highest BCUT2D eigenvalue weighted by Gasteiger charge is 2.14. The molecule has 2 N–H and O–H groups in total. The van der Waals surface area contributed by atoms with Gasteiger partial charge in [0.15, 0.2) is 0 Å². The highest BCUT2D eigenvalue weighted by atomic mass is 35.5. The van der Waals surface area contributed by atoms with Crippen LogP contribution in [0.15, 0.2) is 12.1 Å². The number of rotatable bonds is 5. The normalized spacial score (nSPS) is 11.9. The van der Waals surface area contributed by atoms with Gasteiger partial charge in [-0.1, -0.05) is 11.6 Å². The molecule has 0 saturated heterocycles. The van der Waals surface area contributed by atoms with Crippen molar-refractivity contribution in [3.05, 3.63) is 34.1 Å². The van der Waals surface area contributed by atoms with Gasteiger partial charge in [0, 0.05) is 23.7 Å². The van der Waals surface area contributed by atoms with Crippen molar-refractivity contribution in [3.8, 4) is 0 Å². The Labute approximate surface area is 108 Å². The van der Waals surface area contributed by atoms with Crippen LogP contribution in [0.3, 0.4) is 0 Å². The molecule has 0 aromatic heterocycles. The van der Waals surface area contributed by atoms with Gasteiger partial charge < -0.3 is 10.6 Å². The van der Waals surface area contributed by atoms with Crippen LogP contribution in [0.5, 0.6) is 0 Å². The molecule has 0 aliphatic rings. The lowest BCUT2D eigenvalue weighted by Gasteiger charge is -2.24. The summed E-state index contributed by atoms with van der Waals surface area (Å²) in [4.78, 5) is 0. The molecular weight excluding hydrogens is 239 g/mol. The largest absolute Gasteiger partial charge is 0.314 e. The summed E-state index contributed by atoms with van der Waals surface area (Å²) in [7, 11) is 1.92. The van der Waals surface area contributed by atoms with Crippen molar-refractivity contribution in [2.75, 3.05) is 13.6 Å². The average Bonchev–Trinajstić information content (AvgIpc) is 2.25. The number of nitrogens with one attached hydrogen (secondary N) is 2. The zero-order chi connectivity index (χ0) is 13.1. The minimum atomic E-state index is -0.209. The lowest BCUT2D eigenvalue weighted by atomic mass is 10.1. The van der Waals surface area contributed by atoms with Crippen molar-refractivity contribution in [1.29, 1.82) is 0 Å². The van der Waals surface area contributed by atoms with E-state index in [-0.39, 0.29) is 11.4 Å². The first kappa shape index (κ1) is 14.4. The molecule has 0 saturated carbocycles. The molecule has 1 aromatic rings. The summed E-state index contributed by atoms with van der Waals surface area (Å²) >= 11 is 6.06. The Hall–Kier alpha value is -0.640. The van der Waals surface area contributed by atoms with Gasteiger partial charge in [0.05, 0.1) is 0 Å². The van der Waals surface area contributed by atoms with Crippen molar-refractivity contribution >= 4 is 11.6 Å². The Morgan fingerprint density at radius 1 is 1.35 bits per heavy atom. The lowest BCUT2D eigenvalue weighted by molar-refractivity contribution is 0.393. The minimum Gasteiger partial charge on any atom is -0.314 e. The van der Waals surface area contributed by atoms with Gasteiger partial charge in [0.25, 0.3) is 0 Å². The molecule has 0 spiro atoms. The third-order valence-electron chi connectivity index (χ3n) is 2.89. The van der Waals surface area contributed by atoms with E-state index in [1.165, 1.54) is 6.07 Å². The van der Waals surface area contributed by atoms with E-state index in [2.05, 4.69) is 24.5 Å². The first-order valence-corrected chi connectivity index (χ1v) is 6.07. The second-order valence-electron chi connectivity index (χ2n) is 4.93. The highest BCUT2D eigenvalue weighted by Crippen LogP contribution is 2.20. The first-order chi connectivity index (χ1) is 7.85. The van der Waals surface area contributed by atoms with Gasteiger partial charge in [-0.2, -0.15) is 0 Å². The number of hydrogen-bond acceptors (Lipinski definition) is 2. The minimum absolute atomic E-state index is 0.00964. The molecule has 0 amide bonds. The Balaban J connectivity index is 2.61. The van der Waals surface area contributed by atoms with Gasteiger partial charge in [-0.15, -0.1) is 0 Å². The van der Waals surface area contributed by atoms with Crippen molar-refractivity contribution in [2.45, 2.75) is 32.9 Å². The summed E-state index contributed by atoms with van der Waals surface area (Å²) in [5.74, 6) is -0.209. The fourth-order valence-corrected chi connectivity index (χ4v) is 1.71. The lowest BCUT2D eigenvalue weighted by Crippen LogP contribution is -2.45. The van der Waals surface area contributed by atoms with Crippen LogP contribution in [0.1, 0.15) is 25.0 Å². The molecule has 96 valence electrons. The van der Waals surface area contributed by atoms with E-state index in [1.807, 2.05) is 7.05 Å². The van der Waals surface area contributed by atoms with Crippen LogP contribution in [-0.2, 0) is 6.54 Å². The molecule has 0 radical (unpaired) electrons. The SMILES string of the molecule is CNC(C)(C)CNCc1cc(F)c(C)cc1Cl. The monoisotopic (exact) mass is 258 g/mol. The van der Waals surface area contributed by atoms with Crippen molar-refractivity contribution in [3.63, 3.8) is 0 Å². The molecule has 2 nitrogen and oxygen atoms in total. The zero-order valence-electron chi connectivity index (χ0n) is 10.8. The first-order valence-electron chi connectivity index (χ1n) is 5.70. The van der Waals surface area contributed by atoms with Crippen molar-refractivity contribution in [1.82, 2.24) is 10.6 Å². The topological polar surface area (TPSA) is 24.1 Å². The Morgan fingerprint density at radius 2 is 2.00 bits per heavy atom. The van der Waals surface area contributed by atoms with Gasteiger partial charge in [0.1, 0.15) is 5.82 Å². The number of benzene rings is 1. The second-order valence-corrected chi connectivity index (χ2v) is 5.34. The van der Waals surface area contributed by atoms with Crippen LogP contribution < -0.4 is 10.6 Å². The van der Waals surface area contributed by atoms with E-state index >= 15 is 0 Å². The Kier molecular flexibility index (Phi) is 4.92. The highest BCUT2D eigenvalue weighted by molar-refractivity contribution is 6.31. The van der Waals surface area contributed by atoms with Crippen LogP contribution in [-0.4, -0.2) is 19.1 Å². The summed E-state index contributed by atoms with van der Waals surface area (Å²) in [5, 5.41) is 7.07. The molecule has 17 heavy (non-hydrogen) atoms. The van der Waals surface area contributed by atoms with E-state index < -0.39 is 0 Å². The Morgan fingerprint density at radius 3 is 2.59 bits per heavy atom. The van der Waals surface area contributed by atoms with E-state index in [0.29, 0.717) is 17.1 Å². The fraction of sp³-hybridized carbons (Fsp3) is 0.538. The van der Waals surface area contributed by atoms with Crippen LogP contribution >= 0.6 is 11.6 Å². The molecule has 0 fully saturated rings. The summed E-state index contributed by atoms with van der Waals surface area (Å²) in [5.41, 5.74) is 1.38. The standard InChI is InChI=1S/C13H20ClFN2/c1-9-5-11(14)10(6-12(9)15)7-17-8-13(2,3)16-4/h5-6,16-17H,7-8H2,1-4H3. The average molecular weight is 259 g/mol. The van der Waals surface area contributed by atoms with Crippen LogP contribution in [0.2, 0.25) is 5.02 Å². The van der Waals surface area contributed by atoms with Gasteiger partial charge in [-0.25, -0.2) is 4.39 Å². The van der Waals surface area contributed by atoms with E-state index in [0.717, 1.165) is 12.1 Å². The number of halogens is 2. The molecule has 0 aliphatic carbocycles. The van der Waals surface area contributed by atoms with Crippen LogP contribution in [0.4, 0.5) is 4.39 Å². The molecule has 1 rings (SSSR count). The van der Waals surface area contributed by atoms with E-state index in [4.69, 9.17) is 11.6 Å². The van der Waals surface area contributed by atoms with Crippen molar-refractivity contribution < 1.29 is 4.39 Å². The quantitative estimate of drug-likeness (QED) is 0.849. The summed E-state index contributed by atoms with van der Waals surface area (Å²) in [6, 6.07) is 3.16. The second kappa shape index (κ2) is 5.80. The predicted molar refractivity (Wildman–Crippen MR) is 71.0 cm³/mol. The van der Waals surface area contributed by atoms with Gasteiger partial charge >= 0.3 is 0 Å². The summed E-state index contributed by atoms with van der Waals surface area (Å²) < 4.78 is 13.4. The van der Waals surface area contributed by atoms with Crippen LogP contribution in [0, 0.1) is 12.7 Å². The summed E-state index contributed by atoms with van der Waals surface area (Å²) in [6.07, 6.45) is 0. The van der Waals surface area contributed by atoms with E-state index in [9.17, 15) is 4.39 Å². The number of hydrogen-bond donors (Lipinski definition) is 2. The maximum absolute atomic E-state index is 13.4. The Bertz CT molecular complexity index is 391. The third-order valence-corrected chi connectivity index (χ3v) is 3.24. The number of aryl methyl sites for hydroxylation is 1. The maximum Gasteiger partial charge on any atom is 0.126 e. The fourth-order valence-electron chi connectivity index (χ4n) is 1.42. The molecule has 4 heteroatoms. The summed E-state index contributed by atoms with van der Waals surface area (Å²) in [6.45, 7) is 7.26. The molecule has 0 unspecified atom stereocenters. The maximum atomic E-state index is 13.4. The van der Waals surface area contributed by atoms with Gasteiger partial charge in [-0.3, -0.25) is 0 Å². The zero-order valence-corrected chi connectivity index (χ0v) is 11.6. The smallest absolute Gasteiger partial charge is 0.126 e. The molecule has 0 heterocycles. The molecular formula is C13H20ClFN2. The number of likely N-dealkylation sites (N-methyl/N-ethyl adjacent to an activating group) is 1. The van der Waals surface area contributed by atoms with Crippen molar-refractivity contribution in [2.24, 2.45) is 0 Å². The third kappa shape index (κ3) is 4.26. The molecule has 1 aromatic carbocycles.